The van der Waals surface area contributed by atoms with Gasteiger partial charge in [-0.15, -0.1) is 0 Å². The van der Waals surface area contributed by atoms with Crippen molar-refractivity contribution < 1.29 is 19.1 Å². The molecule has 0 aromatic rings. The van der Waals surface area contributed by atoms with E-state index in [9.17, 15) is 14.4 Å². The minimum atomic E-state index is -0.926. The van der Waals surface area contributed by atoms with E-state index in [0.717, 1.165) is 6.42 Å². The fraction of sp³-hybridized carbons (Fsp3) is 0.750. The van der Waals surface area contributed by atoms with Gasteiger partial charge in [0.2, 0.25) is 5.91 Å². The molecule has 0 bridgehead atoms. The largest absolute Gasteiger partial charge is 0.381 e. The first-order valence-corrected chi connectivity index (χ1v) is 6.61. The zero-order valence-electron chi connectivity index (χ0n) is 10.6. The number of likely N-dealkylation sites (tertiary alicyclic amines) is 1. The number of amides is 4. The van der Waals surface area contributed by atoms with Crippen LogP contribution in [0.1, 0.15) is 19.3 Å². The Kier molecular flexibility index (Phi) is 2.93. The lowest BCUT2D eigenvalue weighted by molar-refractivity contribution is -0.139. The molecular weight excluding hydrogens is 250 g/mol. The van der Waals surface area contributed by atoms with Crippen LogP contribution in [0.4, 0.5) is 4.79 Å². The van der Waals surface area contributed by atoms with Crippen molar-refractivity contribution in [2.75, 3.05) is 26.3 Å². The molecule has 0 radical (unpaired) electrons. The number of carbonyl (C=O) groups excluding carboxylic acids is 3. The summed E-state index contributed by atoms with van der Waals surface area (Å²) in [5.74, 6) is -0.390. The number of hydrogen-bond donors (Lipinski definition) is 2. The van der Waals surface area contributed by atoms with Crippen molar-refractivity contribution in [2.24, 2.45) is 5.92 Å². The van der Waals surface area contributed by atoms with E-state index >= 15 is 0 Å². The van der Waals surface area contributed by atoms with Crippen LogP contribution in [0.5, 0.6) is 0 Å². The molecule has 4 amide bonds. The maximum absolute atomic E-state index is 12.3. The van der Waals surface area contributed by atoms with E-state index < -0.39 is 11.6 Å². The number of piperidine rings is 1. The van der Waals surface area contributed by atoms with Crippen LogP contribution in [0.15, 0.2) is 0 Å². The lowest BCUT2D eigenvalue weighted by Gasteiger charge is -2.38. The van der Waals surface area contributed by atoms with Gasteiger partial charge in [0.15, 0.2) is 0 Å². The van der Waals surface area contributed by atoms with Gasteiger partial charge in [-0.3, -0.25) is 14.9 Å². The second kappa shape index (κ2) is 4.48. The first kappa shape index (κ1) is 12.4. The molecule has 3 aliphatic rings. The molecule has 0 aromatic carbocycles. The van der Waals surface area contributed by atoms with E-state index in [0.29, 0.717) is 32.6 Å². The summed E-state index contributed by atoms with van der Waals surface area (Å²) in [6, 6.07) is -0.469. The lowest BCUT2D eigenvalue weighted by atomic mass is 9.88. The van der Waals surface area contributed by atoms with E-state index in [1.807, 2.05) is 0 Å². The highest BCUT2D eigenvalue weighted by molar-refractivity contribution is 6.07. The molecule has 7 heteroatoms. The van der Waals surface area contributed by atoms with Crippen LogP contribution < -0.4 is 10.6 Å². The SMILES string of the molecule is O=C1NC(=O)C2(CCCN(C(=O)C3CCOC3)C2)N1. The van der Waals surface area contributed by atoms with Crippen LogP contribution in [0.2, 0.25) is 0 Å². The summed E-state index contributed by atoms with van der Waals surface area (Å²) in [5.41, 5.74) is -0.926. The van der Waals surface area contributed by atoms with Crippen molar-refractivity contribution in [1.29, 1.82) is 0 Å². The van der Waals surface area contributed by atoms with Crippen LogP contribution in [-0.4, -0.2) is 54.6 Å². The molecule has 3 saturated heterocycles. The Balaban J connectivity index is 1.72. The van der Waals surface area contributed by atoms with Crippen molar-refractivity contribution in [3.63, 3.8) is 0 Å². The Bertz CT molecular complexity index is 433. The second-order valence-corrected chi connectivity index (χ2v) is 5.41. The summed E-state index contributed by atoms with van der Waals surface area (Å²) in [5, 5.41) is 4.92. The Hall–Kier alpha value is -1.63. The number of ether oxygens (including phenoxy) is 1. The maximum Gasteiger partial charge on any atom is 0.322 e. The Morgan fingerprint density at radius 2 is 2.26 bits per heavy atom. The molecule has 2 unspecified atom stereocenters. The van der Waals surface area contributed by atoms with E-state index in [-0.39, 0.29) is 24.3 Å². The van der Waals surface area contributed by atoms with E-state index in [2.05, 4.69) is 10.6 Å². The number of nitrogens with zero attached hydrogens (tertiary/aromatic N) is 1. The molecule has 1 spiro atoms. The van der Waals surface area contributed by atoms with Gasteiger partial charge in [-0.2, -0.15) is 0 Å². The number of nitrogens with one attached hydrogen (secondary N) is 2. The molecule has 0 aromatic heterocycles. The van der Waals surface area contributed by atoms with Gasteiger partial charge >= 0.3 is 6.03 Å². The summed E-state index contributed by atoms with van der Waals surface area (Å²) in [4.78, 5) is 37.2. The van der Waals surface area contributed by atoms with Crippen molar-refractivity contribution in [3.8, 4) is 0 Å². The topological polar surface area (TPSA) is 87.7 Å². The van der Waals surface area contributed by atoms with Crippen LogP contribution in [0.3, 0.4) is 0 Å². The van der Waals surface area contributed by atoms with Crippen LogP contribution in [0, 0.1) is 5.92 Å². The fourth-order valence-electron chi connectivity index (χ4n) is 3.05. The molecule has 0 saturated carbocycles. The predicted molar refractivity (Wildman–Crippen MR) is 64.1 cm³/mol. The zero-order valence-corrected chi connectivity index (χ0v) is 10.6. The summed E-state index contributed by atoms with van der Waals surface area (Å²) in [7, 11) is 0. The highest BCUT2D eigenvalue weighted by atomic mass is 16.5. The zero-order chi connectivity index (χ0) is 13.5. The van der Waals surface area contributed by atoms with Crippen molar-refractivity contribution in [2.45, 2.75) is 24.8 Å². The van der Waals surface area contributed by atoms with E-state index in [1.165, 1.54) is 0 Å². The molecule has 3 rings (SSSR count). The average molecular weight is 267 g/mol. The normalized spacial score (nSPS) is 34.5. The lowest BCUT2D eigenvalue weighted by Crippen LogP contribution is -2.60. The first-order chi connectivity index (χ1) is 9.11. The third-order valence-corrected chi connectivity index (χ3v) is 4.10. The van der Waals surface area contributed by atoms with E-state index in [1.54, 1.807) is 4.90 Å². The third kappa shape index (κ3) is 2.07. The average Bonchev–Trinajstić information content (AvgIpc) is 2.99. The number of urea groups is 1. The summed E-state index contributed by atoms with van der Waals surface area (Å²) in [6.45, 7) is 1.98. The maximum atomic E-state index is 12.3. The second-order valence-electron chi connectivity index (χ2n) is 5.41. The molecule has 2 N–H and O–H groups in total. The van der Waals surface area contributed by atoms with Crippen molar-refractivity contribution in [3.05, 3.63) is 0 Å². The smallest absolute Gasteiger partial charge is 0.322 e. The number of carbonyl (C=O) groups is 3. The monoisotopic (exact) mass is 267 g/mol. The van der Waals surface area contributed by atoms with Gasteiger partial charge in [0.1, 0.15) is 5.54 Å². The van der Waals surface area contributed by atoms with Gasteiger partial charge in [-0.1, -0.05) is 0 Å². The first-order valence-electron chi connectivity index (χ1n) is 6.61. The molecule has 0 aliphatic carbocycles. The Morgan fingerprint density at radius 3 is 2.89 bits per heavy atom. The summed E-state index contributed by atoms with van der Waals surface area (Å²) < 4.78 is 5.23. The van der Waals surface area contributed by atoms with Gasteiger partial charge in [0.05, 0.1) is 19.1 Å². The number of imide groups is 1. The quantitative estimate of drug-likeness (QED) is 0.610. The Labute approximate surface area is 110 Å². The van der Waals surface area contributed by atoms with Gasteiger partial charge in [0, 0.05) is 13.2 Å². The molecule has 2 atom stereocenters. The molecule has 19 heavy (non-hydrogen) atoms. The molecular formula is C12H17N3O4. The third-order valence-electron chi connectivity index (χ3n) is 4.10. The van der Waals surface area contributed by atoms with Crippen LogP contribution in [-0.2, 0) is 14.3 Å². The molecule has 3 aliphatic heterocycles. The minimum absolute atomic E-state index is 0.0329. The van der Waals surface area contributed by atoms with Crippen molar-refractivity contribution >= 4 is 17.8 Å². The standard InChI is InChI=1S/C12H17N3O4/c16-9(8-2-5-19-6-8)15-4-1-3-12(7-15)10(17)13-11(18)14-12/h8H,1-7H2,(H2,13,14,17,18). The highest BCUT2D eigenvalue weighted by Crippen LogP contribution is 2.26. The molecule has 104 valence electrons. The van der Waals surface area contributed by atoms with E-state index in [4.69, 9.17) is 4.74 Å². The van der Waals surface area contributed by atoms with Crippen molar-refractivity contribution in [1.82, 2.24) is 15.5 Å². The van der Waals surface area contributed by atoms with Crippen LogP contribution >= 0.6 is 0 Å². The van der Waals surface area contributed by atoms with Gasteiger partial charge in [-0.05, 0) is 19.3 Å². The number of hydrogen-bond acceptors (Lipinski definition) is 4. The minimum Gasteiger partial charge on any atom is -0.381 e. The van der Waals surface area contributed by atoms with Gasteiger partial charge in [-0.25, -0.2) is 4.79 Å². The van der Waals surface area contributed by atoms with Gasteiger partial charge in [0.25, 0.3) is 5.91 Å². The fourth-order valence-corrected chi connectivity index (χ4v) is 3.05. The Morgan fingerprint density at radius 1 is 1.42 bits per heavy atom. The predicted octanol–water partition coefficient (Wildman–Crippen LogP) is -0.776. The number of rotatable bonds is 1. The molecule has 3 heterocycles. The molecule has 7 nitrogen and oxygen atoms in total. The summed E-state index contributed by atoms with van der Waals surface area (Å²) >= 11 is 0. The van der Waals surface area contributed by atoms with Crippen LogP contribution in [0.25, 0.3) is 0 Å². The summed E-state index contributed by atoms with van der Waals surface area (Å²) in [6.07, 6.45) is 2.03. The van der Waals surface area contributed by atoms with Gasteiger partial charge < -0.3 is 15.0 Å². The highest BCUT2D eigenvalue weighted by Gasteiger charge is 2.50. The molecule has 3 fully saturated rings.